The third kappa shape index (κ3) is 3.24. The molecular weight excluding hydrogens is 308 g/mol. The van der Waals surface area contributed by atoms with Crippen molar-refractivity contribution in [3.05, 3.63) is 41.2 Å². The van der Waals surface area contributed by atoms with Crippen LogP contribution in [0.3, 0.4) is 0 Å². The maximum atomic E-state index is 12.1. The van der Waals surface area contributed by atoms with Crippen molar-refractivity contribution in [1.82, 2.24) is 15.3 Å². The molecule has 1 aromatic heterocycles. The zero-order valence-corrected chi connectivity index (χ0v) is 13.3. The molecule has 24 heavy (non-hydrogen) atoms. The fourth-order valence-electron chi connectivity index (χ4n) is 2.48. The first kappa shape index (κ1) is 14.7. The minimum atomic E-state index is -0.144. The molecule has 0 atom stereocenters. The summed E-state index contributed by atoms with van der Waals surface area (Å²) in [6, 6.07) is 7.76. The molecule has 124 valence electrons. The van der Waals surface area contributed by atoms with Crippen LogP contribution in [-0.2, 0) is 6.54 Å². The van der Waals surface area contributed by atoms with Crippen LogP contribution in [0.5, 0.6) is 11.5 Å². The molecule has 1 amide bonds. The number of aryl methyl sites for hydroxylation is 1. The molecule has 7 nitrogen and oxygen atoms in total. The lowest BCUT2D eigenvalue weighted by Gasteiger charge is -2.09. The monoisotopic (exact) mass is 326 g/mol. The van der Waals surface area contributed by atoms with E-state index in [2.05, 4.69) is 20.6 Å². The molecule has 1 aliphatic heterocycles. The highest BCUT2D eigenvalue weighted by atomic mass is 16.7. The Labute approximate surface area is 139 Å². The summed E-state index contributed by atoms with van der Waals surface area (Å²) in [5.74, 6) is 1.79. The molecule has 0 saturated heterocycles. The van der Waals surface area contributed by atoms with Gasteiger partial charge in [0, 0.05) is 18.3 Å². The molecule has 0 bridgehead atoms. The van der Waals surface area contributed by atoms with Crippen molar-refractivity contribution in [2.24, 2.45) is 0 Å². The zero-order chi connectivity index (χ0) is 16.5. The summed E-state index contributed by atoms with van der Waals surface area (Å²) >= 11 is 0. The fourth-order valence-corrected chi connectivity index (χ4v) is 2.48. The highest BCUT2D eigenvalue weighted by Crippen LogP contribution is 2.32. The van der Waals surface area contributed by atoms with Crippen LogP contribution in [0.1, 0.15) is 34.6 Å². The molecule has 1 saturated carbocycles. The van der Waals surface area contributed by atoms with Gasteiger partial charge in [0.1, 0.15) is 5.69 Å². The molecular formula is C17H18N4O3. The van der Waals surface area contributed by atoms with Gasteiger partial charge in [-0.15, -0.1) is 0 Å². The van der Waals surface area contributed by atoms with Gasteiger partial charge in [0.25, 0.3) is 5.91 Å². The minimum Gasteiger partial charge on any atom is -0.454 e. The molecule has 2 aromatic rings. The molecule has 2 N–H and O–H groups in total. The van der Waals surface area contributed by atoms with E-state index in [0.29, 0.717) is 24.2 Å². The zero-order valence-electron chi connectivity index (χ0n) is 13.3. The van der Waals surface area contributed by atoms with E-state index >= 15 is 0 Å². The van der Waals surface area contributed by atoms with Crippen molar-refractivity contribution >= 4 is 11.9 Å². The topological polar surface area (TPSA) is 85.4 Å². The number of hydrogen-bond acceptors (Lipinski definition) is 6. The molecule has 0 radical (unpaired) electrons. The first-order valence-corrected chi connectivity index (χ1v) is 7.96. The Balaban J connectivity index is 1.45. The Morgan fingerprint density at radius 1 is 1.21 bits per heavy atom. The van der Waals surface area contributed by atoms with Crippen LogP contribution in [-0.4, -0.2) is 28.7 Å². The van der Waals surface area contributed by atoms with Crippen molar-refractivity contribution in [2.45, 2.75) is 32.4 Å². The Morgan fingerprint density at radius 2 is 2.04 bits per heavy atom. The third-order valence-electron chi connectivity index (χ3n) is 3.89. The number of fused-ring (bicyclic) bond motifs is 1. The molecule has 0 unspecified atom stereocenters. The lowest BCUT2D eigenvalue weighted by molar-refractivity contribution is 0.0946. The van der Waals surface area contributed by atoms with Crippen molar-refractivity contribution in [3.8, 4) is 11.5 Å². The standard InChI is InChI=1S/C17H18N4O3/c1-10-6-13(16(22)20-12-3-4-12)21-17(19-10)18-8-11-2-5-14-15(7-11)24-9-23-14/h2,5-7,12H,3-4,8-9H2,1H3,(H,20,22)(H,18,19,21). The van der Waals surface area contributed by atoms with Crippen LogP contribution in [0.15, 0.2) is 24.3 Å². The molecule has 2 aliphatic rings. The SMILES string of the molecule is Cc1cc(C(=O)NC2CC2)nc(NCc2ccc3c(c2)OCO3)n1. The number of rotatable bonds is 5. The minimum absolute atomic E-state index is 0.144. The van der Waals surface area contributed by atoms with Gasteiger partial charge in [-0.05, 0) is 43.5 Å². The van der Waals surface area contributed by atoms with Gasteiger partial charge in [-0.2, -0.15) is 0 Å². The number of benzene rings is 1. The third-order valence-corrected chi connectivity index (χ3v) is 3.89. The summed E-state index contributed by atoms with van der Waals surface area (Å²) in [5.41, 5.74) is 2.16. The number of carbonyl (C=O) groups excluding carboxylic acids is 1. The predicted molar refractivity (Wildman–Crippen MR) is 87.1 cm³/mol. The first-order valence-electron chi connectivity index (χ1n) is 7.96. The number of nitrogens with zero attached hydrogens (tertiary/aromatic N) is 2. The van der Waals surface area contributed by atoms with Gasteiger partial charge < -0.3 is 20.1 Å². The number of nitrogens with one attached hydrogen (secondary N) is 2. The maximum Gasteiger partial charge on any atom is 0.270 e. The smallest absolute Gasteiger partial charge is 0.270 e. The fraction of sp³-hybridized carbons (Fsp3) is 0.353. The van der Waals surface area contributed by atoms with E-state index in [-0.39, 0.29) is 12.7 Å². The Bertz CT molecular complexity index is 789. The van der Waals surface area contributed by atoms with E-state index in [0.717, 1.165) is 35.6 Å². The normalized spacial score (nSPS) is 15.2. The Kier molecular flexibility index (Phi) is 3.68. The summed E-state index contributed by atoms with van der Waals surface area (Å²) in [6.07, 6.45) is 2.09. The Hall–Kier alpha value is -2.83. The van der Waals surface area contributed by atoms with E-state index in [1.54, 1.807) is 6.07 Å². The first-order chi connectivity index (χ1) is 11.7. The summed E-state index contributed by atoms with van der Waals surface area (Å²) in [5, 5.41) is 6.10. The molecule has 7 heteroatoms. The van der Waals surface area contributed by atoms with Crippen LogP contribution >= 0.6 is 0 Å². The van der Waals surface area contributed by atoms with Crippen molar-refractivity contribution in [2.75, 3.05) is 12.1 Å². The van der Waals surface area contributed by atoms with E-state index in [9.17, 15) is 4.79 Å². The van der Waals surface area contributed by atoms with Gasteiger partial charge in [0.15, 0.2) is 11.5 Å². The molecule has 2 heterocycles. The van der Waals surface area contributed by atoms with Gasteiger partial charge in [-0.25, -0.2) is 9.97 Å². The quantitative estimate of drug-likeness (QED) is 0.874. The summed E-state index contributed by atoms with van der Waals surface area (Å²) < 4.78 is 10.7. The van der Waals surface area contributed by atoms with E-state index in [1.807, 2.05) is 25.1 Å². The second-order valence-corrected chi connectivity index (χ2v) is 6.01. The van der Waals surface area contributed by atoms with Crippen LogP contribution in [0, 0.1) is 6.92 Å². The highest BCUT2D eigenvalue weighted by molar-refractivity contribution is 5.93. The van der Waals surface area contributed by atoms with Crippen LogP contribution in [0.25, 0.3) is 0 Å². The number of hydrogen-bond donors (Lipinski definition) is 2. The molecule has 1 fully saturated rings. The summed E-state index contributed by atoms with van der Waals surface area (Å²) in [7, 11) is 0. The average molecular weight is 326 g/mol. The van der Waals surface area contributed by atoms with Gasteiger partial charge in [-0.3, -0.25) is 4.79 Å². The largest absolute Gasteiger partial charge is 0.454 e. The molecule has 1 aromatic carbocycles. The highest BCUT2D eigenvalue weighted by Gasteiger charge is 2.24. The molecule has 1 aliphatic carbocycles. The van der Waals surface area contributed by atoms with Crippen LogP contribution < -0.4 is 20.1 Å². The summed E-state index contributed by atoms with van der Waals surface area (Å²) in [4.78, 5) is 20.8. The Morgan fingerprint density at radius 3 is 2.88 bits per heavy atom. The van der Waals surface area contributed by atoms with Crippen molar-refractivity contribution in [1.29, 1.82) is 0 Å². The number of carbonyl (C=O) groups is 1. The van der Waals surface area contributed by atoms with E-state index in [4.69, 9.17) is 9.47 Å². The lowest BCUT2D eigenvalue weighted by atomic mass is 10.2. The van der Waals surface area contributed by atoms with E-state index < -0.39 is 0 Å². The average Bonchev–Trinajstić information content (AvgIpc) is 3.26. The van der Waals surface area contributed by atoms with Gasteiger partial charge in [0.2, 0.25) is 12.7 Å². The van der Waals surface area contributed by atoms with Gasteiger partial charge >= 0.3 is 0 Å². The summed E-state index contributed by atoms with van der Waals surface area (Å²) in [6.45, 7) is 2.64. The van der Waals surface area contributed by atoms with Crippen molar-refractivity contribution in [3.63, 3.8) is 0 Å². The number of ether oxygens (including phenoxy) is 2. The molecule has 0 spiro atoms. The number of amides is 1. The van der Waals surface area contributed by atoms with Crippen LogP contribution in [0.2, 0.25) is 0 Å². The van der Waals surface area contributed by atoms with Crippen LogP contribution in [0.4, 0.5) is 5.95 Å². The number of anilines is 1. The lowest BCUT2D eigenvalue weighted by Crippen LogP contribution is -2.26. The second kappa shape index (κ2) is 5.99. The van der Waals surface area contributed by atoms with Crippen molar-refractivity contribution < 1.29 is 14.3 Å². The molecule has 4 rings (SSSR count). The van der Waals surface area contributed by atoms with E-state index in [1.165, 1.54) is 0 Å². The number of aromatic nitrogens is 2. The maximum absolute atomic E-state index is 12.1. The second-order valence-electron chi connectivity index (χ2n) is 6.01. The van der Waals surface area contributed by atoms with Gasteiger partial charge in [0.05, 0.1) is 0 Å². The van der Waals surface area contributed by atoms with Gasteiger partial charge in [-0.1, -0.05) is 6.07 Å². The predicted octanol–water partition coefficient (Wildman–Crippen LogP) is 2.02.